The fourth-order valence-corrected chi connectivity index (χ4v) is 4.58. The second-order valence-corrected chi connectivity index (χ2v) is 8.81. The topological polar surface area (TPSA) is 59.8 Å². The van der Waals surface area contributed by atoms with Crippen molar-refractivity contribution in [2.45, 2.75) is 31.4 Å². The van der Waals surface area contributed by atoms with Gasteiger partial charge in [-0.3, -0.25) is 4.79 Å². The smallest absolute Gasteiger partial charge is 0.255 e. The second kappa shape index (κ2) is 8.85. The van der Waals surface area contributed by atoms with Crippen LogP contribution < -0.4 is 5.32 Å². The molecule has 2 aromatic heterocycles. The summed E-state index contributed by atoms with van der Waals surface area (Å²) in [5.41, 5.74) is 8.15. The molecule has 0 spiro atoms. The number of amides is 1. The van der Waals surface area contributed by atoms with Crippen molar-refractivity contribution >= 4 is 34.7 Å². The average molecular weight is 435 g/mol. The van der Waals surface area contributed by atoms with Gasteiger partial charge in [0.25, 0.3) is 5.91 Å². The summed E-state index contributed by atoms with van der Waals surface area (Å²) in [6, 6.07) is 15.8. The summed E-state index contributed by atoms with van der Waals surface area (Å²) in [5.74, 6) is 0.687. The van der Waals surface area contributed by atoms with Gasteiger partial charge in [0, 0.05) is 21.6 Å². The molecule has 0 saturated carbocycles. The number of nitrogens with zero attached hydrogens (tertiary/aromatic N) is 3. The summed E-state index contributed by atoms with van der Waals surface area (Å²) in [6.07, 6.45) is 0. The van der Waals surface area contributed by atoms with Crippen LogP contribution in [0.1, 0.15) is 33.0 Å². The van der Waals surface area contributed by atoms with Crippen molar-refractivity contribution in [1.29, 1.82) is 0 Å². The van der Waals surface area contributed by atoms with Gasteiger partial charge in [-0.25, -0.2) is 9.67 Å². The van der Waals surface area contributed by atoms with E-state index in [9.17, 15) is 4.79 Å². The van der Waals surface area contributed by atoms with Gasteiger partial charge < -0.3 is 5.32 Å². The highest BCUT2D eigenvalue weighted by Crippen LogP contribution is 2.25. The van der Waals surface area contributed by atoms with Crippen molar-refractivity contribution in [1.82, 2.24) is 14.8 Å². The van der Waals surface area contributed by atoms with E-state index in [1.54, 1.807) is 23.1 Å². The highest BCUT2D eigenvalue weighted by Gasteiger charge is 2.16. The minimum Gasteiger partial charge on any atom is -0.319 e. The van der Waals surface area contributed by atoms with E-state index in [2.05, 4.69) is 39.8 Å². The number of carbonyl (C=O) groups is 1. The van der Waals surface area contributed by atoms with Gasteiger partial charge in [0.1, 0.15) is 0 Å². The minimum atomic E-state index is -0.138. The number of thiazole rings is 1. The molecule has 2 aromatic carbocycles. The number of nitrogens with one attached hydrogen (secondary N) is 1. The molecule has 5 nitrogen and oxygen atoms in total. The molecule has 4 aromatic rings. The number of hydrogen-bond donors (Lipinski definition) is 1. The Hall–Kier alpha value is -2.90. The standard InChI is InChI=1S/C23H22N4OS2/c1-15-4-8-20(9-5-15)27-17(3)22(16(2)26-27)25-23(28)18-6-10-21(11-7-18)30-13-19-12-29-14-24-19/h4-12,14H,13H2,1-3H3,(H,25,28). The van der Waals surface area contributed by atoms with Gasteiger partial charge in [0.2, 0.25) is 0 Å². The van der Waals surface area contributed by atoms with E-state index in [0.29, 0.717) is 5.56 Å². The highest BCUT2D eigenvalue weighted by molar-refractivity contribution is 7.98. The molecule has 1 N–H and O–H groups in total. The van der Waals surface area contributed by atoms with E-state index >= 15 is 0 Å². The summed E-state index contributed by atoms with van der Waals surface area (Å²) in [7, 11) is 0. The average Bonchev–Trinajstić information content (AvgIpc) is 3.37. The molecule has 0 aliphatic carbocycles. The fraction of sp³-hybridized carbons (Fsp3) is 0.174. The lowest BCUT2D eigenvalue weighted by molar-refractivity contribution is 0.102. The molecule has 0 bridgehead atoms. The Labute approximate surface area is 184 Å². The SMILES string of the molecule is Cc1ccc(-n2nc(C)c(NC(=O)c3ccc(SCc4cscn4)cc3)c2C)cc1. The molecule has 2 heterocycles. The number of benzene rings is 2. The van der Waals surface area contributed by atoms with E-state index in [-0.39, 0.29) is 5.91 Å². The molecule has 30 heavy (non-hydrogen) atoms. The zero-order valence-electron chi connectivity index (χ0n) is 17.0. The Morgan fingerprint density at radius 3 is 2.47 bits per heavy atom. The normalized spacial score (nSPS) is 10.9. The van der Waals surface area contributed by atoms with Crippen LogP contribution in [0.2, 0.25) is 0 Å². The molecule has 0 saturated heterocycles. The molecule has 0 aliphatic heterocycles. The number of hydrogen-bond acceptors (Lipinski definition) is 5. The molecule has 152 valence electrons. The predicted molar refractivity (Wildman–Crippen MR) is 124 cm³/mol. The quantitative estimate of drug-likeness (QED) is 0.390. The van der Waals surface area contributed by atoms with Crippen molar-refractivity contribution in [3.63, 3.8) is 0 Å². The molecular formula is C23H22N4OS2. The third-order valence-electron chi connectivity index (χ3n) is 4.80. The maximum atomic E-state index is 12.8. The third-order valence-corrected chi connectivity index (χ3v) is 6.48. The molecular weight excluding hydrogens is 412 g/mol. The van der Waals surface area contributed by atoms with Crippen LogP contribution in [0, 0.1) is 20.8 Å². The molecule has 0 atom stereocenters. The minimum absolute atomic E-state index is 0.138. The first-order valence-corrected chi connectivity index (χ1v) is 11.5. The molecule has 0 aliphatic rings. The molecule has 0 fully saturated rings. The molecule has 0 unspecified atom stereocenters. The molecule has 4 rings (SSSR count). The summed E-state index contributed by atoms with van der Waals surface area (Å²) < 4.78 is 1.86. The van der Waals surface area contributed by atoms with Gasteiger partial charge in [0.15, 0.2) is 0 Å². The number of rotatable bonds is 6. The summed E-state index contributed by atoms with van der Waals surface area (Å²) in [4.78, 5) is 18.2. The lowest BCUT2D eigenvalue weighted by Crippen LogP contribution is -2.13. The van der Waals surface area contributed by atoms with Crippen molar-refractivity contribution in [3.8, 4) is 5.69 Å². The lowest BCUT2D eigenvalue weighted by atomic mass is 10.2. The Bertz CT molecular complexity index is 1150. The maximum Gasteiger partial charge on any atom is 0.255 e. The first kappa shape index (κ1) is 20.4. The number of aromatic nitrogens is 3. The highest BCUT2D eigenvalue weighted by atomic mass is 32.2. The summed E-state index contributed by atoms with van der Waals surface area (Å²) in [5, 5.41) is 9.70. The monoisotopic (exact) mass is 434 g/mol. The number of anilines is 1. The van der Waals surface area contributed by atoms with Crippen molar-refractivity contribution in [2.75, 3.05) is 5.32 Å². The summed E-state index contributed by atoms with van der Waals surface area (Å²) >= 11 is 3.31. The fourth-order valence-electron chi connectivity index (χ4n) is 3.12. The van der Waals surface area contributed by atoms with E-state index in [4.69, 9.17) is 0 Å². The van der Waals surface area contributed by atoms with Crippen molar-refractivity contribution < 1.29 is 4.79 Å². The zero-order chi connectivity index (χ0) is 21.1. The van der Waals surface area contributed by atoms with Gasteiger partial charge >= 0.3 is 0 Å². The Balaban J connectivity index is 1.46. The van der Waals surface area contributed by atoms with Crippen LogP contribution in [0.15, 0.2) is 64.3 Å². The Morgan fingerprint density at radius 1 is 1.07 bits per heavy atom. The van der Waals surface area contributed by atoms with Gasteiger partial charge in [0.05, 0.1) is 34.0 Å². The Kier molecular flexibility index (Phi) is 6.01. The van der Waals surface area contributed by atoms with Gasteiger partial charge in [-0.1, -0.05) is 17.7 Å². The van der Waals surface area contributed by atoms with Crippen LogP contribution in [0.25, 0.3) is 5.69 Å². The van der Waals surface area contributed by atoms with Crippen LogP contribution in [-0.2, 0) is 5.75 Å². The van der Waals surface area contributed by atoms with Crippen molar-refractivity contribution in [3.05, 3.63) is 87.6 Å². The molecule has 7 heteroatoms. The van der Waals surface area contributed by atoms with E-state index < -0.39 is 0 Å². The first-order chi connectivity index (χ1) is 14.5. The number of carbonyl (C=O) groups excluding carboxylic acids is 1. The predicted octanol–water partition coefficient (Wildman–Crippen LogP) is 5.80. The number of thioether (sulfide) groups is 1. The molecule has 1 amide bonds. The van der Waals surface area contributed by atoms with E-state index in [0.717, 1.165) is 39.1 Å². The third kappa shape index (κ3) is 4.47. The van der Waals surface area contributed by atoms with Crippen LogP contribution in [-0.4, -0.2) is 20.7 Å². The molecule has 0 radical (unpaired) electrons. The van der Waals surface area contributed by atoms with Crippen LogP contribution in [0.4, 0.5) is 5.69 Å². The largest absolute Gasteiger partial charge is 0.319 e. The zero-order valence-corrected chi connectivity index (χ0v) is 18.7. The van der Waals surface area contributed by atoms with Crippen molar-refractivity contribution in [2.24, 2.45) is 0 Å². The van der Waals surface area contributed by atoms with Crippen LogP contribution in [0.3, 0.4) is 0 Å². The van der Waals surface area contributed by atoms with Gasteiger partial charge in [-0.2, -0.15) is 5.10 Å². The van der Waals surface area contributed by atoms with Gasteiger partial charge in [-0.05, 0) is 57.2 Å². The van der Waals surface area contributed by atoms with Gasteiger partial charge in [-0.15, -0.1) is 23.1 Å². The first-order valence-electron chi connectivity index (χ1n) is 9.56. The van der Waals surface area contributed by atoms with Crippen LogP contribution >= 0.6 is 23.1 Å². The lowest BCUT2D eigenvalue weighted by Gasteiger charge is -2.08. The van der Waals surface area contributed by atoms with E-state index in [1.165, 1.54) is 5.56 Å². The van der Waals surface area contributed by atoms with E-state index in [1.807, 2.05) is 60.4 Å². The van der Waals surface area contributed by atoms with Crippen LogP contribution in [0.5, 0.6) is 0 Å². The second-order valence-electron chi connectivity index (χ2n) is 7.04. The summed E-state index contributed by atoms with van der Waals surface area (Å²) in [6.45, 7) is 5.93. The number of aryl methyl sites for hydroxylation is 2. The maximum absolute atomic E-state index is 12.8. The Morgan fingerprint density at radius 2 is 1.80 bits per heavy atom.